The van der Waals surface area contributed by atoms with E-state index in [4.69, 9.17) is 9.68 Å². The second-order valence-electron chi connectivity index (χ2n) is 5.17. The van der Waals surface area contributed by atoms with Gasteiger partial charge in [-0.2, -0.15) is 5.26 Å². The highest BCUT2D eigenvalue weighted by molar-refractivity contribution is 6.03. The monoisotopic (exact) mass is 286 g/mol. The van der Waals surface area contributed by atoms with E-state index in [1.807, 2.05) is 24.8 Å². The molecule has 0 aliphatic carbocycles. The summed E-state index contributed by atoms with van der Waals surface area (Å²) in [5.74, 6) is -0.547. The van der Waals surface area contributed by atoms with Crippen molar-refractivity contribution in [2.45, 2.75) is 32.9 Å². The predicted molar refractivity (Wildman–Crippen MR) is 78.9 cm³/mol. The molecule has 2 aromatic rings. The van der Waals surface area contributed by atoms with E-state index in [2.05, 4.69) is 6.07 Å². The van der Waals surface area contributed by atoms with Crippen LogP contribution in [0.4, 0.5) is 0 Å². The minimum atomic E-state index is -0.987. The summed E-state index contributed by atoms with van der Waals surface area (Å²) in [5, 5.41) is 18.8. The Morgan fingerprint density at radius 2 is 2.14 bits per heavy atom. The quantitative estimate of drug-likeness (QED) is 0.882. The zero-order valence-corrected chi connectivity index (χ0v) is 12.2. The molecule has 21 heavy (non-hydrogen) atoms. The van der Waals surface area contributed by atoms with Gasteiger partial charge in [0.15, 0.2) is 0 Å². The molecule has 1 aromatic heterocycles. The molecule has 5 nitrogen and oxygen atoms in total. The van der Waals surface area contributed by atoms with Crippen molar-refractivity contribution >= 4 is 16.9 Å². The van der Waals surface area contributed by atoms with Gasteiger partial charge in [-0.15, -0.1) is 0 Å². The van der Waals surface area contributed by atoms with E-state index in [0.717, 1.165) is 0 Å². The van der Waals surface area contributed by atoms with E-state index in [1.54, 1.807) is 18.2 Å². The van der Waals surface area contributed by atoms with Gasteiger partial charge < -0.3 is 9.52 Å². The van der Waals surface area contributed by atoms with Crippen molar-refractivity contribution in [3.63, 3.8) is 0 Å². The molecule has 1 N–H and O–H groups in total. The van der Waals surface area contributed by atoms with Gasteiger partial charge in [0, 0.05) is 24.4 Å². The average molecular weight is 286 g/mol. The van der Waals surface area contributed by atoms with Crippen LogP contribution >= 0.6 is 0 Å². The van der Waals surface area contributed by atoms with Crippen LogP contribution in [0, 0.1) is 11.3 Å². The lowest BCUT2D eigenvalue weighted by molar-refractivity contribution is 0.0693. The maximum absolute atomic E-state index is 11.5. The first-order chi connectivity index (χ1) is 10.0. The maximum atomic E-state index is 11.5. The van der Waals surface area contributed by atoms with Crippen molar-refractivity contribution in [3.05, 3.63) is 35.6 Å². The summed E-state index contributed by atoms with van der Waals surface area (Å²) in [6, 6.07) is 9.44. The van der Waals surface area contributed by atoms with E-state index >= 15 is 0 Å². The molecule has 0 aliphatic heterocycles. The fourth-order valence-corrected chi connectivity index (χ4v) is 2.34. The number of carboxylic acid groups (broad SMARTS) is 1. The third kappa shape index (κ3) is 3.23. The first kappa shape index (κ1) is 15.1. The molecule has 0 bridgehead atoms. The smallest absolute Gasteiger partial charge is 0.339 e. The maximum Gasteiger partial charge on any atom is 0.339 e. The van der Waals surface area contributed by atoms with Gasteiger partial charge in [0.05, 0.1) is 12.6 Å². The minimum absolute atomic E-state index is 0.202. The summed E-state index contributed by atoms with van der Waals surface area (Å²) in [5.41, 5.74) is 0.794. The van der Waals surface area contributed by atoms with Crippen LogP contribution in [0.1, 0.15) is 36.4 Å². The molecule has 0 fully saturated rings. The van der Waals surface area contributed by atoms with E-state index < -0.39 is 5.97 Å². The fourth-order valence-electron chi connectivity index (χ4n) is 2.34. The number of hydrogen-bond donors (Lipinski definition) is 1. The van der Waals surface area contributed by atoms with Gasteiger partial charge in [0.2, 0.25) is 0 Å². The van der Waals surface area contributed by atoms with Crippen molar-refractivity contribution < 1.29 is 14.3 Å². The Morgan fingerprint density at radius 1 is 1.43 bits per heavy atom. The van der Waals surface area contributed by atoms with Gasteiger partial charge in [-0.1, -0.05) is 18.2 Å². The lowest BCUT2D eigenvalue weighted by Crippen LogP contribution is -2.31. The van der Waals surface area contributed by atoms with Crippen LogP contribution in [0.3, 0.4) is 0 Å². The lowest BCUT2D eigenvalue weighted by Gasteiger charge is -2.24. The number of hydrogen-bond acceptors (Lipinski definition) is 4. The molecule has 0 radical (unpaired) electrons. The minimum Gasteiger partial charge on any atom is -0.478 e. The second-order valence-corrected chi connectivity index (χ2v) is 5.17. The molecule has 0 aliphatic rings. The number of fused-ring (bicyclic) bond motifs is 1. The Hall–Kier alpha value is -2.32. The van der Waals surface area contributed by atoms with Crippen molar-refractivity contribution in [2.75, 3.05) is 6.54 Å². The number of aromatic carboxylic acids is 1. The third-order valence-corrected chi connectivity index (χ3v) is 3.47. The zero-order valence-electron chi connectivity index (χ0n) is 12.2. The molecule has 5 heteroatoms. The Bertz CT molecular complexity index is 682. The molecule has 0 unspecified atom stereocenters. The van der Waals surface area contributed by atoms with E-state index in [-0.39, 0.29) is 11.6 Å². The SMILES string of the molecule is CC(C)N(CCC#N)Cc1oc2ccccc2c1C(=O)O. The molecule has 0 amide bonds. The van der Waals surface area contributed by atoms with E-state index in [9.17, 15) is 9.90 Å². The number of nitrogens with zero attached hydrogens (tertiary/aromatic N) is 2. The van der Waals surface area contributed by atoms with Crippen molar-refractivity contribution in [3.8, 4) is 6.07 Å². The Kier molecular flexibility index (Phi) is 4.61. The lowest BCUT2D eigenvalue weighted by atomic mass is 10.1. The van der Waals surface area contributed by atoms with E-state index in [0.29, 0.717) is 36.2 Å². The molecule has 2 rings (SSSR count). The highest BCUT2D eigenvalue weighted by Gasteiger charge is 2.22. The Balaban J connectivity index is 2.38. The van der Waals surface area contributed by atoms with Crippen LogP contribution in [0.25, 0.3) is 11.0 Å². The van der Waals surface area contributed by atoms with Crippen LogP contribution < -0.4 is 0 Å². The predicted octanol–water partition coefficient (Wildman–Crippen LogP) is 3.26. The molecule has 110 valence electrons. The van der Waals surface area contributed by atoms with Crippen molar-refractivity contribution in [1.29, 1.82) is 5.26 Å². The molecular formula is C16H18N2O3. The van der Waals surface area contributed by atoms with Crippen LogP contribution in [-0.2, 0) is 6.54 Å². The molecule has 0 saturated heterocycles. The number of rotatable bonds is 6. The normalized spacial score (nSPS) is 11.2. The van der Waals surface area contributed by atoms with Gasteiger partial charge in [-0.3, -0.25) is 4.90 Å². The Morgan fingerprint density at radius 3 is 2.76 bits per heavy atom. The van der Waals surface area contributed by atoms with Crippen LogP contribution in [0.15, 0.2) is 28.7 Å². The van der Waals surface area contributed by atoms with Gasteiger partial charge in [0.25, 0.3) is 0 Å². The highest BCUT2D eigenvalue weighted by Crippen LogP contribution is 2.27. The number of para-hydroxylation sites is 1. The summed E-state index contributed by atoms with van der Waals surface area (Å²) in [4.78, 5) is 13.6. The number of nitriles is 1. The van der Waals surface area contributed by atoms with Gasteiger partial charge >= 0.3 is 5.97 Å². The molecule has 0 saturated carbocycles. The molecule has 1 aromatic carbocycles. The fraction of sp³-hybridized carbons (Fsp3) is 0.375. The first-order valence-electron chi connectivity index (χ1n) is 6.89. The highest BCUT2D eigenvalue weighted by atomic mass is 16.4. The van der Waals surface area contributed by atoms with E-state index in [1.165, 1.54) is 0 Å². The van der Waals surface area contributed by atoms with Crippen LogP contribution in [-0.4, -0.2) is 28.6 Å². The molecule has 1 heterocycles. The largest absolute Gasteiger partial charge is 0.478 e. The number of furan rings is 1. The summed E-state index contributed by atoms with van der Waals surface area (Å²) in [6.07, 6.45) is 0.404. The summed E-state index contributed by atoms with van der Waals surface area (Å²) >= 11 is 0. The van der Waals surface area contributed by atoms with Crippen molar-refractivity contribution in [1.82, 2.24) is 4.90 Å². The third-order valence-electron chi connectivity index (χ3n) is 3.47. The average Bonchev–Trinajstić information content (AvgIpc) is 2.81. The molecule has 0 spiro atoms. The van der Waals surface area contributed by atoms with Gasteiger partial charge in [-0.05, 0) is 19.9 Å². The number of carbonyl (C=O) groups is 1. The number of carboxylic acids is 1. The summed E-state index contributed by atoms with van der Waals surface area (Å²) in [7, 11) is 0. The first-order valence-corrected chi connectivity index (χ1v) is 6.89. The molecule has 0 atom stereocenters. The topological polar surface area (TPSA) is 77.5 Å². The Labute approximate surface area is 123 Å². The van der Waals surface area contributed by atoms with Crippen molar-refractivity contribution in [2.24, 2.45) is 0 Å². The zero-order chi connectivity index (χ0) is 15.4. The summed E-state index contributed by atoms with van der Waals surface area (Å²) in [6.45, 7) is 5.00. The second kappa shape index (κ2) is 6.42. The number of benzene rings is 1. The van der Waals surface area contributed by atoms with Gasteiger partial charge in [-0.25, -0.2) is 4.79 Å². The summed E-state index contributed by atoms with van der Waals surface area (Å²) < 4.78 is 5.72. The van der Waals surface area contributed by atoms with Crippen LogP contribution in [0.5, 0.6) is 0 Å². The van der Waals surface area contributed by atoms with Crippen LogP contribution in [0.2, 0.25) is 0 Å². The standard InChI is InChI=1S/C16H18N2O3/c1-11(2)18(9-5-8-17)10-14-15(16(19)20)12-6-3-4-7-13(12)21-14/h3-4,6-7,11H,5,9-10H2,1-2H3,(H,19,20). The van der Waals surface area contributed by atoms with Gasteiger partial charge in [0.1, 0.15) is 16.9 Å². The molecular weight excluding hydrogens is 268 g/mol.